The first kappa shape index (κ1) is 16.5. The molecule has 0 aromatic heterocycles. The SMILES string of the molecule is CC(C)C[C@@H](N)C(=O)Nc1ccccc1NS(C)(=O)=O. The highest BCUT2D eigenvalue weighted by Gasteiger charge is 2.16. The molecule has 0 aliphatic rings. The van der Waals surface area contributed by atoms with Gasteiger partial charge in [0.2, 0.25) is 15.9 Å². The molecule has 0 saturated heterocycles. The summed E-state index contributed by atoms with van der Waals surface area (Å²) in [6.07, 6.45) is 1.61. The average molecular weight is 299 g/mol. The van der Waals surface area contributed by atoms with Crippen molar-refractivity contribution in [2.24, 2.45) is 11.7 Å². The summed E-state index contributed by atoms with van der Waals surface area (Å²) in [5, 5.41) is 2.65. The van der Waals surface area contributed by atoms with Crippen LogP contribution in [0.2, 0.25) is 0 Å². The lowest BCUT2D eigenvalue weighted by Gasteiger charge is -2.16. The number of rotatable bonds is 6. The fourth-order valence-electron chi connectivity index (χ4n) is 1.72. The third-order valence-corrected chi connectivity index (χ3v) is 3.13. The maximum atomic E-state index is 12.0. The van der Waals surface area contributed by atoms with Crippen LogP contribution in [-0.4, -0.2) is 26.6 Å². The molecule has 7 heteroatoms. The van der Waals surface area contributed by atoms with Crippen LogP contribution >= 0.6 is 0 Å². The van der Waals surface area contributed by atoms with Crippen molar-refractivity contribution in [2.75, 3.05) is 16.3 Å². The molecule has 0 heterocycles. The van der Waals surface area contributed by atoms with E-state index >= 15 is 0 Å². The molecular weight excluding hydrogens is 278 g/mol. The second-order valence-corrected chi connectivity index (χ2v) is 6.89. The van der Waals surface area contributed by atoms with E-state index in [-0.39, 0.29) is 5.91 Å². The minimum absolute atomic E-state index is 0.306. The molecule has 4 N–H and O–H groups in total. The molecule has 0 spiro atoms. The molecule has 1 aromatic rings. The number of para-hydroxylation sites is 2. The Bertz CT molecular complexity index is 570. The van der Waals surface area contributed by atoms with Gasteiger partial charge < -0.3 is 11.1 Å². The Morgan fingerprint density at radius 2 is 1.80 bits per heavy atom. The molecule has 0 saturated carbocycles. The van der Waals surface area contributed by atoms with Gasteiger partial charge >= 0.3 is 0 Å². The largest absolute Gasteiger partial charge is 0.323 e. The Morgan fingerprint density at radius 3 is 2.30 bits per heavy atom. The summed E-state index contributed by atoms with van der Waals surface area (Å²) >= 11 is 0. The number of carbonyl (C=O) groups is 1. The van der Waals surface area contributed by atoms with E-state index in [9.17, 15) is 13.2 Å². The molecule has 0 aliphatic heterocycles. The molecule has 6 nitrogen and oxygen atoms in total. The van der Waals surface area contributed by atoms with E-state index in [1.807, 2.05) is 13.8 Å². The van der Waals surface area contributed by atoms with Crippen molar-refractivity contribution in [3.05, 3.63) is 24.3 Å². The van der Waals surface area contributed by atoms with E-state index in [4.69, 9.17) is 5.73 Å². The molecular formula is C13H21N3O3S. The molecule has 1 aromatic carbocycles. The maximum absolute atomic E-state index is 12.0. The van der Waals surface area contributed by atoms with Crippen LogP contribution in [0.4, 0.5) is 11.4 Å². The van der Waals surface area contributed by atoms with Crippen LogP contribution in [0.25, 0.3) is 0 Å². The average Bonchev–Trinajstić information content (AvgIpc) is 2.28. The number of hydrogen-bond donors (Lipinski definition) is 3. The van der Waals surface area contributed by atoms with E-state index in [0.717, 1.165) is 6.26 Å². The number of nitrogens with two attached hydrogens (primary N) is 1. The monoisotopic (exact) mass is 299 g/mol. The summed E-state index contributed by atoms with van der Waals surface area (Å²) in [6, 6.07) is 5.95. The molecule has 1 amide bonds. The smallest absolute Gasteiger partial charge is 0.241 e. The zero-order chi connectivity index (χ0) is 15.3. The summed E-state index contributed by atoms with van der Waals surface area (Å²) in [7, 11) is -3.41. The third kappa shape index (κ3) is 5.58. The van der Waals surface area contributed by atoms with Crippen molar-refractivity contribution in [2.45, 2.75) is 26.3 Å². The molecule has 0 unspecified atom stereocenters. The van der Waals surface area contributed by atoms with Gasteiger partial charge in [-0.25, -0.2) is 8.42 Å². The first-order valence-electron chi connectivity index (χ1n) is 6.32. The number of sulfonamides is 1. The van der Waals surface area contributed by atoms with Gasteiger partial charge in [0.15, 0.2) is 0 Å². The molecule has 20 heavy (non-hydrogen) atoms. The molecule has 0 bridgehead atoms. The van der Waals surface area contributed by atoms with Gasteiger partial charge in [0.25, 0.3) is 0 Å². The maximum Gasteiger partial charge on any atom is 0.241 e. The summed E-state index contributed by atoms with van der Waals surface area (Å²) < 4.78 is 24.9. The first-order valence-corrected chi connectivity index (χ1v) is 8.21. The lowest BCUT2D eigenvalue weighted by Crippen LogP contribution is -2.36. The Morgan fingerprint density at radius 1 is 1.25 bits per heavy atom. The Kier molecular flexibility index (Phi) is 5.52. The highest BCUT2D eigenvalue weighted by Crippen LogP contribution is 2.22. The highest BCUT2D eigenvalue weighted by atomic mass is 32.2. The zero-order valence-corrected chi connectivity index (χ0v) is 12.7. The predicted molar refractivity (Wildman–Crippen MR) is 81.0 cm³/mol. The number of anilines is 2. The standard InChI is InChI=1S/C13H21N3O3S/c1-9(2)8-10(14)13(17)15-11-6-4-5-7-12(11)16-20(3,18)19/h4-7,9-10,16H,8,14H2,1-3H3,(H,15,17)/t10-/m1/s1. The molecule has 0 radical (unpaired) electrons. The van der Waals surface area contributed by atoms with Gasteiger partial charge in [-0.3, -0.25) is 9.52 Å². The highest BCUT2D eigenvalue weighted by molar-refractivity contribution is 7.92. The van der Waals surface area contributed by atoms with Gasteiger partial charge in [0.1, 0.15) is 0 Å². The molecule has 1 rings (SSSR count). The predicted octanol–water partition coefficient (Wildman–Crippen LogP) is 1.37. The van der Waals surface area contributed by atoms with Gasteiger partial charge in [-0.15, -0.1) is 0 Å². The van der Waals surface area contributed by atoms with Crippen molar-refractivity contribution < 1.29 is 13.2 Å². The molecule has 0 aliphatic carbocycles. The van der Waals surface area contributed by atoms with Crippen LogP contribution in [0.15, 0.2) is 24.3 Å². The topological polar surface area (TPSA) is 101 Å². The van der Waals surface area contributed by atoms with Crippen LogP contribution in [-0.2, 0) is 14.8 Å². The fourth-order valence-corrected chi connectivity index (χ4v) is 2.30. The zero-order valence-electron chi connectivity index (χ0n) is 11.9. The van der Waals surface area contributed by atoms with Gasteiger partial charge in [-0.05, 0) is 24.5 Å². The van der Waals surface area contributed by atoms with Gasteiger partial charge in [0.05, 0.1) is 23.7 Å². The van der Waals surface area contributed by atoms with Crippen molar-refractivity contribution in [3.63, 3.8) is 0 Å². The van der Waals surface area contributed by atoms with Crippen molar-refractivity contribution in [1.82, 2.24) is 0 Å². The van der Waals surface area contributed by atoms with Crippen LogP contribution in [0.5, 0.6) is 0 Å². The summed E-state index contributed by atoms with van der Waals surface area (Å²) in [5.74, 6) is -0.0263. The Labute approximate surface area is 119 Å². The quantitative estimate of drug-likeness (QED) is 0.738. The third-order valence-electron chi connectivity index (χ3n) is 2.54. The number of carbonyl (C=O) groups excluding carboxylic acids is 1. The van der Waals surface area contributed by atoms with Crippen LogP contribution in [0.1, 0.15) is 20.3 Å². The fraction of sp³-hybridized carbons (Fsp3) is 0.462. The summed E-state index contributed by atoms with van der Waals surface area (Å²) in [4.78, 5) is 12.0. The van der Waals surface area contributed by atoms with Crippen molar-refractivity contribution in [1.29, 1.82) is 0 Å². The van der Waals surface area contributed by atoms with E-state index in [1.165, 1.54) is 0 Å². The van der Waals surface area contributed by atoms with E-state index in [0.29, 0.717) is 23.7 Å². The lowest BCUT2D eigenvalue weighted by atomic mass is 10.0. The van der Waals surface area contributed by atoms with E-state index in [2.05, 4.69) is 10.0 Å². The second kappa shape index (κ2) is 6.71. The van der Waals surface area contributed by atoms with Crippen LogP contribution < -0.4 is 15.8 Å². The molecule has 112 valence electrons. The molecule has 1 atom stereocenters. The minimum Gasteiger partial charge on any atom is -0.323 e. The Balaban J connectivity index is 2.85. The second-order valence-electron chi connectivity index (χ2n) is 5.15. The van der Waals surface area contributed by atoms with Crippen molar-refractivity contribution >= 4 is 27.3 Å². The van der Waals surface area contributed by atoms with E-state index in [1.54, 1.807) is 24.3 Å². The number of hydrogen-bond acceptors (Lipinski definition) is 4. The first-order chi connectivity index (χ1) is 9.19. The van der Waals surface area contributed by atoms with Crippen molar-refractivity contribution in [3.8, 4) is 0 Å². The number of nitrogens with one attached hydrogen (secondary N) is 2. The summed E-state index contributed by atoms with van der Waals surface area (Å²) in [6.45, 7) is 3.96. The number of amides is 1. The van der Waals surface area contributed by atoms with Crippen LogP contribution in [0.3, 0.4) is 0 Å². The summed E-state index contributed by atoms with van der Waals surface area (Å²) in [5.41, 5.74) is 6.50. The van der Waals surface area contributed by atoms with Gasteiger partial charge in [-0.2, -0.15) is 0 Å². The minimum atomic E-state index is -3.41. The van der Waals surface area contributed by atoms with Gasteiger partial charge in [-0.1, -0.05) is 26.0 Å². The lowest BCUT2D eigenvalue weighted by molar-refractivity contribution is -0.117. The van der Waals surface area contributed by atoms with Gasteiger partial charge in [0, 0.05) is 0 Å². The Hall–Kier alpha value is -1.60. The van der Waals surface area contributed by atoms with Crippen LogP contribution in [0, 0.1) is 5.92 Å². The molecule has 0 fully saturated rings. The number of benzene rings is 1. The van der Waals surface area contributed by atoms with E-state index < -0.39 is 16.1 Å². The normalized spacial score (nSPS) is 13.1.